The highest BCUT2D eigenvalue weighted by molar-refractivity contribution is 5.74. The maximum absolute atomic E-state index is 11.9. The summed E-state index contributed by atoms with van der Waals surface area (Å²) < 4.78 is 1.80. The Morgan fingerprint density at radius 3 is 2.59 bits per heavy atom. The Labute approximate surface area is 131 Å². The van der Waals surface area contributed by atoms with Crippen molar-refractivity contribution >= 4 is 6.03 Å². The number of likely N-dealkylation sites (N-methyl/N-ethyl adjacent to an activating group) is 1. The zero-order valence-corrected chi connectivity index (χ0v) is 13.7. The largest absolute Gasteiger partial charge is 0.337 e. The zero-order valence-electron chi connectivity index (χ0n) is 13.7. The van der Waals surface area contributed by atoms with Crippen LogP contribution in [0.4, 0.5) is 4.79 Å². The highest BCUT2D eigenvalue weighted by Crippen LogP contribution is 2.06. The van der Waals surface area contributed by atoms with Crippen LogP contribution in [0.5, 0.6) is 0 Å². The van der Waals surface area contributed by atoms with E-state index >= 15 is 0 Å². The molecule has 0 unspecified atom stereocenters. The number of nitrogens with zero attached hydrogens (tertiary/aromatic N) is 5. The van der Waals surface area contributed by atoms with E-state index in [2.05, 4.69) is 37.6 Å². The van der Waals surface area contributed by atoms with Gasteiger partial charge in [0, 0.05) is 46.3 Å². The van der Waals surface area contributed by atoms with Gasteiger partial charge in [-0.2, -0.15) is 0 Å². The molecular formula is C14H27N7O. The molecule has 0 bridgehead atoms. The number of aryl methyl sites for hydroxylation is 1. The number of urea groups is 1. The molecular weight excluding hydrogens is 282 g/mol. The van der Waals surface area contributed by atoms with E-state index in [1.165, 1.54) is 0 Å². The van der Waals surface area contributed by atoms with E-state index in [1.807, 2.05) is 14.0 Å². The summed E-state index contributed by atoms with van der Waals surface area (Å²) in [6.45, 7) is 11.1. The van der Waals surface area contributed by atoms with Crippen molar-refractivity contribution < 1.29 is 4.79 Å². The predicted octanol–water partition coefficient (Wildman–Crippen LogP) is -0.187. The standard InChI is InChI=1S/C14H27N7O/c1-4-20-7-9-21(10-8-20)6-5-15-14(22)17-12(2)13-18-16-11-19(13)3/h11-12H,4-10H2,1-3H3,(H2,15,17,22)/t12-/m0/s1. The lowest BCUT2D eigenvalue weighted by molar-refractivity contribution is 0.138. The third-order valence-electron chi connectivity index (χ3n) is 4.11. The molecule has 0 aliphatic carbocycles. The molecule has 0 spiro atoms. The van der Waals surface area contributed by atoms with Crippen LogP contribution in [0.25, 0.3) is 0 Å². The van der Waals surface area contributed by atoms with Crippen LogP contribution in [-0.2, 0) is 7.05 Å². The highest BCUT2D eigenvalue weighted by atomic mass is 16.2. The summed E-state index contributed by atoms with van der Waals surface area (Å²) >= 11 is 0. The van der Waals surface area contributed by atoms with E-state index in [9.17, 15) is 4.79 Å². The average molecular weight is 309 g/mol. The fraction of sp³-hybridized carbons (Fsp3) is 0.786. The molecule has 124 valence electrons. The molecule has 1 aliphatic heterocycles. The molecule has 2 heterocycles. The number of amides is 2. The van der Waals surface area contributed by atoms with E-state index in [4.69, 9.17) is 0 Å². The van der Waals surface area contributed by atoms with E-state index in [-0.39, 0.29) is 12.1 Å². The van der Waals surface area contributed by atoms with Crippen molar-refractivity contribution in [2.24, 2.45) is 7.05 Å². The van der Waals surface area contributed by atoms with E-state index < -0.39 is 0 Å². The third-order valence-corrected chi connectivity index (χ3v) is 4.11. The molecule has 0 saturated carbocycles. The molecule has 8 heteroatoms. The molecule has 1 aromatic rings. The minimum Gasteiger partial charge on any atom is -0.337 e. The van der Waals surface area contributed by atoms with Crippen LogP contribution in [-0.4, -0.2) is 76.4 Å². The lowest BCUT2D eigenvalue weighted by atomic mass is 10.3. The van der Waals surface area contributed by atoms with Crippen molar-refractivity contribution in [3.8, 4) is 0 Å². The Bertz CT molecular complexity index is 468. The first-order valence-corrected chi connectivity index (χ1v) is 7.93. The normalized spacial score (nSPS) is 18.1. The summed E-state index contributed by atoms with van der Waals surface area (Å²) in [5.41, 5.74) is 0. The summed E-state index contributed by atoms with van der Waals surface area (Å²) in [5.74, 6) is 0.742. The number of hydrogen-bond donors (Lipinski definition) is 2. The lowest BCUT2D eigenvalue weighted by Crippen LogP contribution is -2.49. The molecule has 1 aliphatic rings. The Kier molecular flexibility index (Phi) is 6.14. The Hall–Kier alpha value is -1.67. The van der Waals surface area contributed by atoms with Crippen molar-refractivity contribution in [3.63, 3.8) is 0 Å². The maximum atomic E-state index is 11.9. The van der Waals surface area contributed by atoms with Crippen LogP contribution in [0.1, 0.15) is 25.7 Å². The van der Waals surface area contributed by atoms with E-state index in [0.29, 0.717) is 6.54 Å². The van der Waals surface area contributed by atoms with Crippen molar-refractivity contribution in [2.75, 3.05) is 45.8 Å². The van der Waals surface area contributed by atoms with E-state index in [1.54, 1.807) is 10.9 Å². The van der Waals surface area contributed by atoms with Gasteiger partial charge in [0.1, 0.15) is 6.33 Å². The molecule has 2 N–H and O–H groups in total. The van der Waals surface area contributed by atoms with Gasteiger partial charge in [-0.3, -0.25) is 4.90 Å². The van der Waals surface area contributed by atoms with Gasteiger partial charge in [0.05, 0.1) is 6.04 Å². The first-order chi connectivity index (χ1) is 10.6. The van der Waals surface area contributed by atoms with Gasteiger partial charge >= 0.3 is 6.03 Å². The molecule has 2 amide bonds. The van der Waals surface area contributed by atoms with Crippen molar-refractivity contribution in [1.29, 1.82) is 0 Å². The third kappa shape index (κ3) is 4.67. The van der Waals surface area contributed by atoms with Gasteiger partial charge in [-0.05, 0) is 13.5 Å². The SMILES string of the molecule is CCN1CCN(CCNC(=O)N[C@@H](C)c2nncn2C)CC1. The minimum atomic E-state index is -0.166. The fourth-order valence-corrected chi connectivity index (χ4v) is 2.65. The summed E-state index contributed by atoms with van der Waals surface area (Å²) in [5, 5.41) is 13.6. The van der Waals surface area contributed by atoms with Crippen LogP contribution in [0.15, 0.2) is 6.33 Å². The van der Waals surface area contributed by atoms with Gasteiger partial charge in [-0.15, -0.1) is 10.2 Å². The van der Waals surface area contributed by atoms with Gasteiger partial charge in [-0.1, -0.05) is 6.92 Å². The molecule has 1 saturated heterocycles. The highest BCUT2D eigenvalue weighted by Gasteiger charge is 2.16. The van der Waals surface area contributed by atoms with Crippen molar-refractivity contribution in [3.05, 3.63) is 12.2 Å². The molecule has 0 radical (unpaired) electrons. The molecule has 22 heavy (non-hydrogen) atoms. The van der Waals surface area contributed by atoms with Crippen LogP contribution in [0.2, 0.25) is 0 Å². The number of rotatable bonds is 6. The van der Waals surface area contributed by atoms with Crippen LogP contribution in [0.3, 0.4) is 0 Å². The number of nitrogens with one attached hydrogen (secondary N) is 2. The molecule has 0 aromatic carbocycles. The second-order valence-electron chi connectivity index (χ2n) is 5.70. The topological polar surface area (TPSA) is 78.3 Å². The molecule has 1 atom stereocenters. The second-order valence-corrected chi connectivity index (χ2v) is 5.70. The summed E-state index contributed by atoms with van der Waals surface area (Å²) in [6.07, 6.45) is 1.63. The average Bonchev–Trinajstić information content (AvgIpc) is 2.94. The molecule has 8 nitrogen and oxygen atoms in total. The first-order valence-electron chi connectivity index (χ1n) is 7.93. The van der Waals surface area contributed by atoms with Gasteiger partial charge in [0.15, 0.2) is 5.82 Å². The lowest BCUT2D eigenvalue weighted by Gasteiger charge is -2.33. The van der Waals surface area contributed by atoms with Gasteiger partial charge in [-0.25, -0.2) is 4.79 Å². The summed E-state index contributed by atoms with van der Waals surface area (Å²) in [4.78, 5) is 16.7. The number of carbonyl (C=O) groups excluding carboxylic acids is 1. The number of hydrogen-bond acceptors (Lipinski definition) is 5. The summed E-state index contributed by atoms with van der Waals surface area (Å²) in [6, 6.07) is -0.330. The van der Waals surface area contributed by atoms with Crippen LogP contribution < -0.4 is 10.6 Å². The summed E-state index contributed by atoms with van der Waals surface area (Å²) in [7, 11) is 1.86. The Morgan fingerprint density at radius 1 is 1.32 bits per heavy atom. The van der Waals surface area contributed by atoms with Crippen molar-refractivity contribution in [1.82, 2.24) is 35.2 Å². The van der Waals surface area contributed by atoms with Crippen molar-refractivity contribution in [2.45, 2.75) is 19.9 Å². The zero-order chi connectivity index (χ0) is 15.9. The quantitative estimate of drug-likeness (QED) is 0.762. The molecule has 1 fully saturated rings. The fourth-order valence-electron chi connectivity index (χ4n) is 2.65. The maximum Gasteiger partial charge on any atom is 0.315 e. The minimum absolute atomic E-state index is 0.164. The van der Waals surface area contributed by atoms with Crippen LogP contribution in [0, 0.1) is 0 Å². The first kappa shape index (κ1) is 16.7. The second kappa shape index (κ2) is 8.09. The number of piperazine rings is 1. The molecule has 2 rings (SSSR count). The monoisotopic (exact) mass is 309 g/mol. The van der Waals surface area contributed by atoms with Gasteiger partial charge in [0.2, 0.25) is 0 Å². The Balaban J connectivity index is 1.63. The number of carbonyl (C=O) groups is 1. The number of aromatic nitrogens is 3. The Morgan fingerprint density at radius 2 is 2.00 bits per heavy atom. The van der Waals surface area contributed by atoms with E-state index in [0.717, 1.165) is 45.1 Å². The van der Waals surface area contributed by atoms with Crippen LogP contribution >= 0.6 is 0 Å². The van der Waals surface area contributed by atoms with Gasteiger partial charge in [0.25, 0.3) is 0 Å². The predicted molar refractivity (Wildman–Crippen MR) is 84.5 cm³/mol. The molecule has 1 aromatic heterocycles. The smallest absolute Gasteiger partial charge is 0.315 e. The van der Waals surface area contributed by atoms with Gasteiger partial charge < -0.3 is 20.1 Å².